The van der Waals surface area contributed by atoms with Crippen LogP contribution in [0, 0.1) is 0 Å². The maximum Gasteiger partial charge on any atom is 0.410 e. The number of guanidine groups is 1. The van der Waals surface area contributed by atoms with E-state index in [1.807, 2.05) is 20.8 Å². The van der Waals surface area contributed by atoms with E-state index in [9.17, 15) is 4.79 Å². The number of hydrogen-bond donors (Lipinski definition) is 2. The van der Waals surface area contributed by atoms with Gasteiger partial charge in [0.05, 0.1) is 6.54 Å². The Morgan fingerprint density at radius 1 is 1.45 bits per heavy atom. The van der Waals surface area contributed by atoms with Crippen LogP contribution in [0.15, 0.2) is 4.99 Å². The van der Waals surface area contributed by atoms with Gasteiger partial charge in [-0.1, -0.05) is 6.92 Å². The predicted octanol–water partition coefficient (Wildman–Crippen LogP) is 1.57. The van der Waals surface area contributed by atoms with Crippen molar-refractivity contribution in [1.29, 1.82) is 0 Å². The van der Waals surface area contributed by atoms with Gasteiger partial charge in [0.1, 0.15) is 5.60 Å². The van der Waals surface area contributed by atoms with Crippen molar-refractivity contribution in [1.82, 2.24) is 15.5 Å². The van der Waals surface area contributed by atoms with Gasteiger partial charge in [-0.15, -0.1) is 0 Å². The molecule has 0 spiro atoms. The van der Waals surface area contributed by atoms with Crippen molar-refractivity contribution in [3.8, 4) is 0 Å². The molecule has 0 saturated heterocycles. The summed E-state index contributed by atoms with van der Waals surface area (Å²) >= 11 is 0. The quantitative estimate of drug-likeness (QED) is 0.727. The number of aliphatic imine (C=N–C) groups is 1. The third-order valence-corrected chi connectivity index (χ3v) is 2.72. The van der Waals surface area contributed by atoms with E-state index in [2.05, 4.69) is 22.5 Å². The molecule has 116 valence electrons. The number of rotatable bonds is 6. The standard InChI is InChI=1S/C14H28N4O2/c1-5-10-18(13(19)20-14(2,3)4)11-6-7-15-12-16-8-9-17-12/h5-11H2,1-4H3,(H2,15,16,17). The van der Waals surface area contributed by atoms with Gasteiger partial charge in [0.15, 0.2) is 5.96 Å². The van der Waals surface area contributed by atoms with E-state index >= 15 is 0 Å². The second-order valence-electron chi connectivity index (χ2n) is 5.90. The van der Waals surface area contributed by atoms with E-state index in [1.165, 1.54) is 0 Å². The molecule has 0 aromatic carbocycles. The van der Waals surface area contributed by atoms with Crippen LogP contribution < -0.4 is 10.6 Å². The molecule has 0 bridgehead atoms. The van der Waals surface area contributed by atoms with Gasteiger partial charge in [0, 0.05) is 26.2 Å². The van der Waals surface area contributed by atoms with Crippen molar-refractivity contribution < 1.29 is 9.53 Å². The highest BCUT2D eigenvalue weighted by molar-refractivity contribution is 5.81. The number of ether oxygens (including phenoxy) is 1. The normalized spacial score (nSPS) is 14.5. The topological polar surface area (TPSA) is 66.0 Å². The Morgan fingerprint density at radius 2 is 2.20 bits per heavy atom. The zero-order valence-corrected chi connectivity index (χ0v) is 13.2. The van der Waals surface area contributed by atoms with Gasteiger partial charge < -0.3 is 20.3 Å². The molecule has 0 aromatic rings. The third kappa shape index (κ3) is 6.63. The average molecular weight is 284 g/mol. The summed E-state index contributed by atoms with van der Waals surface area (Å²) < 4.78 is 5.41. The smallest absolute Gasteiger partial charge is 0.410 e. The van der Waals surface area contributed by atoms with Gasteiger partial charge in [-0.2, -0.15) is 0 Å². The zero-order chi connectivity index (χ0) is 15.0. The summed E-state index contributed by atoms with van der Waals surface area (Å²) in [6.45, 7) is 11.7. The van der Waals surface area contributed by atoms with Crippen LogP contribution in [0.3, 0.4) is 0 Å². The molecule has 0 fully saturated rings. The van der Waals surface area contributed by atoms with Crippen molar-refractivity contribution in [3.63, 3.8) is 0 Å². The molecule has 0 atom stereocenters. The van der Waals surface area contributed by atoms with Crippen molar-refractivity contribution >= 4 is 12.1 Å². The third-order valence-electron chi connectivity index (χ3n) is 2.72. The maximum atomic E-state index is 12.0. The number of carbonyl (C=O) groups excluding carboxylic acids is 1. The monoisotopic (exact) mass is 284 g/mol. The minimum absolute atomic E-state index is 0.226. The molecule has 0 unspecified atom stereocenters. The van der Waals surface area contributed by atoms with Crippen LogP contribution in [-0.2, 0) is 4.74 Å². The lowest BCUT2D eigenvalue weighted by atomic mass is 10.2. The molecule has 20 heavy (non-hydrogen) atoms. The molecular weight excluding hydrogens is 256 g/mol. The van der Waals surface area contributed by atoms with Crippen LogP contribution >= 0.6 is 0 Å². The van der Waals surface area contributed by atoms with Crippen LogP contribution in [0.2, 0.25) is 0 Å². The average Bonchev–Trinajstić information content (AvgIpc) is 2.83. The highest BCUT2D eigenvalue weighted by Crippen LogP contribution is 2.10. The summed E-state index contributed by atoms with van der Waals surface area (Å²) in [5.74, 6) is 0.865. The molecule has 1 heterocycles. The van der Waals surface area contributed by atoms with E-state index in [4.69, 9.17) is 4.74 Å². The Morgan fingerprint density at radius 3 is 2.75 bits per heavy atom. The van der Waals surface area contributed by atoms with Gasteiger partial charge in [-0.3, -0.25) is 4.99 Å². The Labute approximate surface area is 122 Å². The van der Waals surface area contributed by atoms with Gasteiger partial charge in [0.25, 0.3) is 0 Å². The molecule has 0 radical (unpaired) electrons. The summed E-state index contributed by atoms with van der Waals surface area (Å²) in [5.41, 5.74) is -0.441. The summed E-state index contributed by atoms with van der Waals surface area (Å²) in [4.78, 5) is 18.1. The van der Waals surface area contributed by atoms with Crippen LogP contribution in [0.5, 0.6) is 0 Å². The molecule has 0 aromatic heterocycles. The van der Waals surface area contributed by atoms with Crippen molar-refractivity contribution in [3.05, 3.63) is 0 Å². The summed E-state index contributed by atoms with van der Waals surface area (Å²) in [6.07, 6.45) is 1.58. The summed E-state index contributed by atoms with van der Waals surface area (Å²) in [7, 11) is 0. The second-order valence-corrected chi connectivity index (χ2v) is 5.90. The van der Waals surface area contributed by atoms with Gasteiger partial charge >= 0.3 is 6.09 Å². The lowest BCUT2D eigenvalue weighted by Crippen LogP contribution is -2.40. The molecule has 1 aliphatic heterocycles. The van der Waals surface area contributed by atoms with Gasteiger partial charge in [0.2, 0.25) is 0 Å². The molecule has 1 rings (SSSR count). The minimum Gasteiger partial charge on any atom is -0.444 e. The Balaban J connectivity index is 2.28. The number of nitrogens with zero attached hydrogens (tertiary/aromatic N) is 2. The number of nitrogens with one attached hydrogen (secondary N) is 2. The number of amides is 1. The lowest BCUT2D eigenvalue weighted by Gasteiger charge is -2.27. The largest absolute Gasteiger partial charge is 0.444 e. The predicted molar refractivity (Wildman–Crippen MR) is 81.0 cm³/mol. The van der Waals surface area contributed by atoms with E-state index in [0.29, 0.717) is 6.54 Å². The summed E-state index contributed by atoms with van der Waals surface area (Å²) in [6, 6.07) is 0. The van der Waals surface area contributed by atoms with Gasteiger partial charge in [-0.05, 0) is 33.6 Å². The highest BCUT2D eigenvalue weighted by atomic mass is 16.6. The SMILES string of the molecule is CCCN(CCCNC1=NCCN1)C(=O)OC(C)(C)C. The molecule has 1 amide bonds. The molecular formula is C14H28N4O2. The fraction of sp³-hybridized carbons (Fsp3) is 0.857. The van der Waals surface area contributed by atoms with Crippen molar-refractivity contribution in [2.24, 2.45) is 4.99 Å². The Kier molecular flexibility index (Phi) is 6.61. The minimum atomic E-state index is -0.441. The molecule has 1 aliphatic rings. The molecule has 0 aliphatic carbocycles. The molecule has 6 nitrogen and oxygen atoms in total. The van der Waals surface area contributed by atoms with E-state index in [-0.39, 0.29) is 6.09 Å². The molecule has 0 saturated carbocycles. The first-order valence-electron chi connectivity index (χ1n) is 7.42. The van der Waals surface area contributed by atoms with E-state index < -0.39 is 5.60 Å². The maximum absolute atomic E-state index is 12.0. The van der Waals surface area contributed by atoms with E-state index in [0.717, 1.165) is 45.0 Å². The van der Waals surface area contributed by atoms with Crippen LogP contribution in [0.1, 0.15) is 40.5 Å². The molecule has 2 N–H and O–H groups in total. The molecule has 6 heteroatoms. The first-order chi connectivity index (χ1) is 9.42. The highest BCUT2D eigenvalue weighted by Gasteiger charge is 2.21. The van der Waals surface area contributed by atoms with Crippen LogP contribution in [0.4, 0.5) is 4.79 Å². The van der Waals surface area contributed by atoms with Crippen LogP contribution in [-0.4, -0.2) is 55.3 Å². The fourth-order valence-corrected chi connectivity index (χ4v) is 1.88. The van der Waals surface area contributed by atoms with Crippen molar-refractivity contribution in [2.75, 3.05) is 32.7 Å². The van der Waals surface area contributed by atoms with Gasteiger partial charge in [-0.25, -0.2) is 4.79 Å². The first-order valence-corrected chi connectivity index (χ1v) is 7.42. The van der Waals surface area contributed by atoms with Crippen molar-refractivity contribution in [2.45, 2.75) is 46.1 Å². The Bertz CT molecular complexity index is 337. The number of carbonyl (C=O) groups is 1. The van der Waals surface area contributed by atoms with E-state index in [1.54, 1.807) is 4.90 Å². The first kappa shape index (κ1) is 16.6. The summed E-state index contributed by atoms with van der Waals surface area (Å²) in [5, 5.41) is 6.38. The lowest BCUT2D eigenvalue weighted by molar-refractivity contribution is 0.0248. The zero-order valence-electron chi connectivity index (χ0n) is 13.2. The fourth-order valence-electron chi connectivity index (χ4n) is 1.88. The Hall–Kier alpha value is -1.46. The van der Waals surface area contributed by atoms with Crippen LogP contribution in [0.25, 0.3) is 0 Å². The number of hydrogen-bond acceptors (Lipinski definition) is 5. The second kappa shape index (κ2) is 7.97.